The first-order chi connectivity index (χ1) is 13.2. The van der Waals surface area contributed by atoms with E-state index in [-0.39, 0.29) is 24.3 Å². The molecule has 0 spiro atoms. The normalized spacial score (nSPS) is 16.8. The minimum atomic E-state index is -0.150. The van der Waals surface area contributed by atoms with E-state index in [0.717, 1.165) is 24.0 Å². The predicted molar refractivity (Wildman–Crippen MR) is 105 cm³/mol. The van der Waals surface area contributed by atoms with Crippen molar-refractivity contribution in [3.05, 3.63) is 60.2 Å². The van der Waals surface area contributed by atoms with Crippen molar-refractivity contribution in [1.82, 2.24) is 10.2 Å². The van der Waals surface area contributed by atoms with E-state index < -0.39 is 0 Å². The first-order valence-electron chi connectivity index (χ1n) is 9.36. The predicted octanol–water partition coefficient (Wildman–Crippen LogP) is 2.85. The maximum atomic E-state index is 12.5. The monoisotopic (exact) mass is 366 g/mol. The summed E-state index contributed by atoms with van der Waals surface area (Å²) in [6.07, 6.45) is 1.66. The van der Waals surface area contributed by atoms with Gasteiger partial charge in [-0.15, -0.1) is 0 Å². The van der Waals surface area contributed by atoms with Crippen LogP contribution >= 0.6 is 0 Å². The number of nitrogens with one attached hydrogen (secondary N) is 1. The Morgan fingerprint density at radius 3 is 2.48 bits per heavy atom. The van der Waals surface area contributed by atoms with Gasteiger partial charge in [0.15, 0.2) is 0 Å². The number of carbonyl (C=O) groups excluding carboxylic acids is 2. The fourth-order valence-electron chi connectivity index (χ4n) is 3.41. The SMILES string of the molecule is COCC(=O)N1CCC[C@H](C(=O)NCc2ccc(-c3ccccc3)cc2)C1. The summed E-state index contributed by atoms with van der Waals surface area (Å²) in [5, 5.41) is 3.01. The van der Waals surface area contributed by atoms with Gasteiger partial charge in [-0.2, -0.15) is 0 Å². The highest BCUT2D eigenvalue weighted by Crippen LogP contribution is 2.20. The summed E-state index contributed by atoms with van der Waals surface area (Å²) in [5.74, 6) is -0.188. The van der Waals surface area contributed by atoms with E-state index in [9.17, 15) is 9.59 Å². The maximum Gasteiger partial charge on any atom is 0.248 e. The Balaban J connectivity index is 1.52. The van der Waals surface area contributed by atoms with Gasteiger partial charge in [0.2, 0.25) is 11.8 Å². The molecular formula is C22H26N2O3. The molecule has 1 aliphatic heterocycles. The number of hydrogen-bond donors (Lipinski definition) is 1. The van der Waals surface area contributed by atoms with Crippen LogP contribution in [0.1, 0.15) is 18.4 Å². The highest BCUT2D eigenvalue weighted by molar-refractivity contribution is 5.81. The average molecular weight is 366 g/mol. The number of nitrogens with zero attached hydrogens (tertiary/aromatic N) is 1. The Morgan fingerprint density at radius 2 is 1.78 bits per heavy atom. The van der Waals surface area contributed by atoms with Gasteiger partial charge in [-0.1, -0.05) is 54.6 Å². The van der Waals surface area contributed by atoms with Crippen molar-refractivity contribution in [3.63, 3.8) is 0 Å². The van der Waals surface area contributed by atoms with Crippen LogP contribution in [-0.2, 0) is 20.9 Å². The Hall–Kier alpha value is -2.66. The molecule has 0 aromatic heterocycles. The molecule has 1 N–H and O–H groups in total. The van der Waals surface area contributed by atoms with E-state index >= 15 is 0 Å². The van der Waals surface area contributed by atoms with Crippen LogP contribution in [0.25, 0.3) is 11.1 Å². The molecule has 0 unspecified atom stereocenters. The zero-order valence-corrected chi connectivity index (χ0v) is 15.7. The molecule has 1 heterocycles. The van der Waals surface area contributed by atoms with Gasteiger partial charge >= 0.3 is 0 Å². The van der Waals surface area contributed by atoms with Crippen LogP contribution in [0.5, 0.6) is 0 Å². The van der Waals surface area contributed by atoms with E-state index in [1.54, 1.807) is 4.90 Å². The number of ether oxygens (including phenoxy) is 1. The third-order valence-electron chi connectivity index (χ3n) is 4.94. The van der Waals surface area contributed by atoms with Crippen molar-refractivity contribution in [1.29, 1.82) is 0 Å². The molecule has 2 amide bonds. The lowest BCUT2D eigenvalue weighted by Gasteiger charge is -2.32. The fourth-order valence-corrected chi connectivity index (χ4v) is 3.41. The van der Waals surface area contributed by atoms with Crippen LogP contribution in [-0.4, -0.2) is 43.5 Å². The molecule has 1 saturated heterocycles. The number of likely N-dealkylation sites (tertiary alicyclic amines) is 1. The van der Waals surface area contributed by atoms with Gasteiger partial charge in [0, 0.05) is 26.7 Å². The summed E-state index contributed by atoms with van der Waals surface area (Å²) < 4.78 is 4.91. The zero-order chi connectivity index (χ0) is 19.1. The van der Waals surface area contributed by atoms with E-state index in [2.05, 4.69) is 29.6 Å². The van der Waals surface area contributed by atoms with Gasteiger partial charge in [-0.3, -0.25) is 9.59 Å². The van der Waals surface area contributed by atoms with Crippen LogP contribution < -0.4 is 5.32 Å². The second-order valence-electron chi connectivity index (χ2n) is 6.89. The third-order valence-corrected chi connectivity index (χ3v) is 4.94. The van der Waals surface area contributed by atoms with Gasteiger partial charge in [0.25, 0.3) is 0 Å². The fraction of sp³-hybridized carbons (Fsp3) is 0.364. The van der Waals surface area contributed by atoms with E-state index in [4.69, 9.17) is 4.74 Å². The first-order valence-corrected chi connectivity index (χ1v) is 9.36. The molecule has 2 aromatic carbocycles. The van der Waals surface area contributed by atoms with Gasteiger partial charge in [-0.25, -0.2) is 0 Å². The minimum Gasteiger partial charge on any atom is -0.375 e. The molecular weight excluding hydrogens is 340 g/mol. The highest BCUT2D eigenvalue weighted by Gasteiger charge is 2.28. The molecule has 5 heteroatoms. The summed E-state index contributed by atoms with van der Waals surface area (Å²) in [6, 6.07) is 18.4. The van der Waals surface area contributed by atoms with Crippen LogP contribution in [0.3, 0.4) is 0 Å². The lowest BCUT2D eigenvalue weighted by Crippen LogP contribution is -2.46. The van der Waals surface area contributed by atoms with Gasteiger partial charge in [-0.05, 0) is 29.5 Å². The minimum absolute atomic E-state index is 0.0112. The number of benzene rings is 2. The van der Waals surface area contributed by atoms with E-state index in [1.807, 2.05) is 30.3 Å². The van der Waals surface area contributed by atoms with Gasteiger partial charge < -0.3 is 15.0 Å². The summed E-state index contributed by atoms with van der Waals surface area (Å²) in [7, 11) is 1.51. The number of amides is 2. The summed E-state index contributed by atoms with van der Waals surface area (Å²) in [6.45, 7) is 1.74. The smallest absolute Gasteiger partial charge is 0.248 e. The molecule has 0 aliphatic carbocycles. The second-order valence-corrected chi connectivity index (χ2v) is 6.89. The molecule has 1 aliphatic rings. The van der Waals surface area contributed by atoms with Crippen LogP contribution in [0.15, 0.2) is 54.6 Å². The average Bonchev–Trinajstić information content (AvgIpc) is 2.73. The Kier molecular flexibility index (Phi) is 6.60. The van der Waals surface area contributed by atoms with E-state index in [1.165, 1.54) is 12.7 Å². The third kappa shape index (κ3) is 5.17. The molecule has 0 saturated carbocycles. The summed E-state index contributed by atoms with van der Waals surface area (Å²) in [5.41, 5.74) is 3.40. The molecule has 1 atom stereocenters. The Labute approximate surface area is 160 Å². The van der Waals surface area contributed by atoms with Crippen molar-refractivity contribution in [3.8, 4) is 11.1 Å². The number of piperidine rings is 1. The topological polar surface area (TPSA) is 58.6 Å². The van der Waals surface area contributed by atoms with Crippen molar-refractivity contribution in [2.45, 2.75) is 19.4 Å². The number of methoxy groups -OCH3 is 1. The molecule has 142 valence electrons. The van der Waals surface area contributed by atoms with Gasteiger partial charge in [0.05, 0.1) is 5.92 Å². The standard InChI is InChI=1S/C22H26N2O3/c1-27-16-21(25)24-13-5-8-20(15-24)22(26)23-14-17-9-11-19(12-10-17)18-6-3-2-4-7-18/h2-4,6-7,9-12,20H,5,8,13-16H2,1H3,(H,23,26)/t20-/m0/s1. The Morgan fingerprint density at radius 1 is 1.07 bits per heavy atom. The molecule has 0 radical (unpaired) electrons. The highest BCUT2D eigenvalue weighted by atomic mass is 16.5. The number of rotatable bonds is 6. The molecule has 0 bridgehead atoms. The van der Waals surface area contributed by atoms with Crippen molar-refractivity contribution in [2.24, 2.45) is 5.92 Å². The van der Waals surface area contributed by atoms with Crippen LogP contribution in [0.4, 0.5) is 0 Å². The summed E-state index contributed by atoms with van der Waals surface area (Å²) >= 11 is 0. The van der Waals surface area contributed by atoms with Crippen molar-refractivity contribution in [2.75, 3.05) is 26.8 Å². The van der Waals surface area contributed by atoms with Crippen molar-refractivity contribution < 1.29 is 14.3 Å². The Bertz CT molecular complexity index is 759. The number of carbonyl (C=O) groups is 2. The number of hydrogen-bond acceptors (Lipinski definition) is 3. The molecule has 2 aromatic rings. The lowest BCUT2D eigenvalue weighted by atomic mass is 9.97. The van der Waals surface area contributed by atoms with Crippen molar-refractivity contribution >= 4 is 11.8 Å². The van der Waals surface area contributed by atoms with E-state index in [0.29, 0.717) is 19.6 Å². The first kappa shape index (κ1) is 19.1. The second kappa shape index (κ2) is 9.33. The van der Waals surface area contributed by atoms with Crippen LogP contribution in [0, 0.1) is 5.92 Å². The molecule has 3 rings (SSSR count). The molecule has 5 nitrogen and oxygen atoms in total. The lowest BCUT2D eigenvalue weighted by molar-refractivity contribution is -0.139. The largest absolute Gasteiger partial charge is 0.375 e. The zero-order valence-electron chi connectivity index (χ0n) is 15.7. The quantitative estimate of drug-likeness (QED) is 0.855. The molecule has 27 heavy (non-hydrogen) atoms. The van der Waals surface area contributed by atoms with Gasteiger partial charge in [0.1, 0.15) is 6.61 Å². The summed E-state index contributed by atoms with van der Waals surface area (Å²) in [4.78, 5) is 26.2. The maximum absolute atomic E-state index is 12.5. The van der Waals surface area contributed by atoms with Crippen LogP contribution in [0.2, 0.25) is 0 Å². The molecule has 1 fully saturated rings.